The second-order valence-electron chi connectivity index (χ2n) is 5.53. The first-order valence-electron chi connectivity index (χ1n) is 7.94. The van der Waals surface area contributed by atoms with Gasteiger partial charge < -0.3 is 14.2 Å². The number of pyridine rings is 1. The summed E-state index contributed by atoms with van der Waals surface area (Å²) in [6, 6.07) is 7.08. The summed E-state index contributed by atoms with van der Waals surface area (Å²) < 4.78 is 17.0. The van der Waals surface area contributed by atoms with Crippen LogP contribution >= 0.6 is 0 Å². The van der Waals surface area contributed by atoms with E-state index in [0.717, 1.165) is 5.56 Å². The van der Waals surface area contributed by atoms with Crippen LogP contribution in [0.2, 0.25) is 0 Å². The van der Waals surface area contributed by atoms with E-state index in [0.29, 0.717) is 34.7 Å². The quantitative estimate of drug-likeness (QED) is 0.717. The van der Waals surface area contributed by atoms with Gasteiger partial charge in [-0.2, -0.15) is 0 Å². The summed E-state index contributed by atoms with van der Waals surface area (Å²) in [5.41, 5.74) is 0.692. The van der Waals surface area contributed by atoms with E-state index in [4.69, 9.17) is 14.2 Å². The molecule has 0 spiro atoms. The minimum Gasteiger partial charge on any atom is -0.493 e. The molecule has 3 rings (SSSR count). The molecule has 8 nitrogen and oxygen atoms in total. The molecule has 0 bridgehead atoms. The summed E-state index contributed by atoms with van der Waals surface area (Å²) in [5, 5.41) is 0.329. The largest absolute Gasteiger partial charge is 0.493 e. The highest BCUT2D eigenvalue weighted by Crippen LogP contribution is 2.33. The summed E-state index contributed by atoms with van der Waals surface area (Å²) in [4.78, 5) is 31.3. The first kappa shape index (κ1) is 17.7. The van der Waals surface area contributed by atoms with Crippen LogP contribution in [0.1, 0.15) is 0 Å². The number of rotatable bonds is 6. The maximum Gasteiger partial charge on any atom is 0.330 e. The van der Waals surface area contributed by atoms with Gasteiger partial charge in [0.15, 0.2) is 11.5 Å². The lowest BCUT2D eigenvalue weighted by molar-refractivity contribution is 0.187. The SMILES string of the molecule is COCCn1c(=O)[nH]c(=O)c2c(-c3ccc(OC)c(OC)c3)ccnc21. The van der Waals surface area contributed by atoms with Crippen LogP contribution in [0.4, 0.5) is 0 Å². The molecule has 0 saturated carbocycles. The predicted molar refractivity (Wildman–Crippen MR) is 97.0 cm³/mol. The zero-order valence-corrected chi connectivity index (χ0v) is 14.7. The van der Waals surface area contributed by atoms with Crippen molar-refractivity contribution in [2.45, 2.75) is 6.54 Å². The van der Waals surface area contributed by atoms with Crippen LogP contribution in [0.3, 0.4) is 0 Å². The molecule has 0 radical (unpaired) electrons. The van der Waals surface area contributed by atoms with E-state index < -0.39 is 11.2 Å². The summed E-state index contributed by atoms with van der Waals surface area (Å²) in [5.74, 6) is 1.12. The van der Waals surface area contributed by atoms with Crippen molar-refractivity contribution in [3.63, 3.8) is 0 Å². The molecule has 0 fully saturated rings. The molecule has 1 aromatic carbocycles. The van der Waals surface area contributed by atoms with Crippen LogP contribution in [0, 0.1) is 0 Å². The number of aromatic amines is 1. The van der Waals surface area contributed by atoms with Gasteiger partial charge >= 0.3 is 5.69 Å². The van der Waals surface area contributed by atoms with Crippen molar-refractivity contribution in [2.24, 2.45) is 0 Å². The van der Waals surface area contributed by atoms with Gasteiger partial charge in [0.05, 0.1) is 32.8 Å². The number of H-pyrrole nitrogens is 1. The molecule has 0 unspecified atom stereocenters. The van der Waals surface area contributed by atoms with Gasteiger partial charge in [-0.05, 0) is 29.3 Å². The molecule has 0 aliphatic heterocycles. The number of methoxy groups -OCH3 is 3. The number of aromatic nitrogens is 3. The zero-order valence-electron chi connectivity index (χ0n) is 14.7. The molecule has 0 atom stereocenters. The summed E-state index contributed by atoms with van der Waals surface area (Å²) in [6.45, 7) is 0.605. The Morgan fingerprint density at radius 2 is 1.85 bits per heavy atom. The van der Waals surface area contributed by atoms with Crippen LogP contribution in [0.25, 0.3) is 22.2 Å². The van der Waals surface area contributed by atoms with Gasteiger partial charge in [0, 0.05) is 13.3 Å². The summed E-state index contributed by atoms with van der Waals surface area (Å²) >= 11 is 0. The Kier molecular flexibility index (Phi) is 5.04. The monoisotopic (exact) mass is 357 g/mol. The number of nitrogens with one attached hydrogen (secondary N) is 1. The van der Waals surface area contributed by atoms with Gasteiger partial charge in [-0.25, -0.2) is 9.78 Å². The van der Waals surface area contributed by atoms with Crippen molar-refractivity contribution in [1.82, 2.24) is 14.5 Å². The van der Waals surface area contributed by atoms with Crippen LogP contribution in [0.5, 0.6) is 11.5 Å². The number of hydrogen-bond donors (Lipinski definition) is 1. The fourth-order valence-corrected chi connectivity index (χ4v) is 2.84. The average Bonchev–Trinajstić information content (AvgIpc) is 2.66. The van der Waals surface area contributed by atoms with Crippen LogP contribution in [0.15, 0.2) is 40.1 Å². The average molecular weight is 357 g/mol. The molecule has 3 aromatic rings. The smallest absolute Gasteiger partial charge is 0.330 e. The van der Waals surface area contributed by atoms with E-state index in [1.54, 1.807) is 45.7 Å². The molecule has 0 amide bonds. The van der Waals surface area contributed by atoms with Crippen molar-refractivity contribution < 1.29 is 14.2 Å². The maximum atomic E-state index is 12.5. The fourth-order valence-electron chi connectivity index (χ4n) is 2.84. The van der Waals surface area contributed by atoms with E-state index in [1.165, 1.54) is 4.57 Å². The van der Waals surface area contributed by atoms with E-state index in [-0.39, 0.29) is 6.54 Å². The molecule has 1 N–H and O–H groups in total. The molecule has 8 heteroatoms. The molecule has 0 aliphatic rings. The van der Waals surface area contributed by atoms with Gasteiger partial charge in [0.1, 0.15) is 5.65 Å². The Bertz CT molecular complexity index is 1050. The first-order chi connectivity index (χ1) is 12.6. The number of hydrogen-bond acceptors (Lipinski definition) is 6. The van der Waals surface area contributed by atoms with Crippen LogP contribution in [-0.4, -0.2) is 42.5 Å². The van der Waals surface area contributed by atoms with E-state index in [1.807, 2.05) is 6.07 Å². The fraction of sp³-hybridized carbons (Fsp3) is 0.278. The second kappa shape index (κ2) is 7.40. The molecule has 2 aromatic heterocycles. The van der Waals surface area contributed by atoms with Crippen molar-refractivity contribution in [2.75, 3.05) is 27.9 Å². The Morgan fingerprint density at radius 3 is 2.54 bits per heavy atom. The maximum absolute atomic E-state index is 12.5. The van der Waals surface area contributed by atoms with Crippen molar-refractivity contribution >= 4 is 11.0 Å². The van der Waals surface area contributed by atoms with E-state index in [2.05, 4.69) is 9.97 Å². The molecular weight excluding hydrogens is 338 g/mol. The zero-order chi connectivity index (χ0) is 18.7. The van der Waals surface area contributed by atoms with Crippen LogP contribution in [-0.2, 0) is 11.3 Å². The number of ether oxygens (including phenoxy) is 3. The third-order valence-corrected chi connectivity index (χ3v) is 4.09. The lowest BCUT2D eigenvalue weighted by atomic mass is 10.0. The number of nitrogens with zero attached hydrogens (tertiary/aromatic N) is 2. The summed E-state index contributed by atoms with van der Waals surface area (Å²) in [6.07, 6.45) is 1.57. The Labute approximate surface area is 149 Å². The highest BCUT2D eigenvalue weighted by molar-refractivity contribution is 5.92. The second-order valence-corrected chi connectivity index (χ2v) is 5.53. The topological polar surface area (TPSA) is 95.4 Å². The number of fused-ring (bicyclic) bond motifs is 1. The van der Waals surface area contributed by atoms with E-state index in [9.17, 15) is 9.59 Å². The van der Waals surface area contributed by atoms with Crippen LogP contribution < -0.4 is 20.7 Å². The predicted octanol–water partition coefficient (Wildman–Crippen LogP) is 1.42. The van der Waals surface area contributed by atoms with E-state index >= 15 is 0 Å². The Balaban J connectivity index is 2.28. The minimum absolute atomic E-state index is 0.283. The molecule has 2 heterocycles. The Morgan fingerprint density at radius 1 is 1.08 bits per heavy atom. The summed E-state index contributed by atoms with van der Waals surface area (Å²) in [7, 11) is 4.64. The third-order valence-electron chi connectivity index (χ3n) is 4.09. The Hall–Kier alpha value is -3.13. The normalized spacial score (nSPS) is 10.9. The molecule has 136 valence electrons. The first-order valence-corrected chi connectivity index (χ1v) is 7.94. The van der Waals surface area contributed by atoms with Crippen molar-refractivity contribution in [3.05, 3.63) is 51.3 Å². The lowest BCUT2D eigenvalue weighted by Crippen LogP contribution is -2.32. The lowest BCUT2D eigenvalue weighted by Gasteiger charge is -2.13. The highest BCUT2D eigenvalue weighted by Gasteiger charge is 2.15. The van der Waals surface area contributed by atoms with Crippen molar-refractivity contribution in [3.8, 4) is 22.6 Å². The molecule has 0 saturated heterocycles. The molecular formula is C18H19N3O5. The van der Waals surface area contributed by atoms with Crippen molar-refractivity contribution in [1.29, 1.82) is 0 Å². The number of benzene rings is 1. The standard InChI is InChI=1S/C18H19N3O5/c1-24-9-8-21-16-15(17(22)20-18(21)23)12(6-7-19-16)11-4-5-13(25-2)14(10-11)26-3/h4-7,10H,8-9H2,1-3H3,(H,20,22,23). The van der Waals surface area contributed by atoms with Gasteiger partial charge in [-0.1, -0.05) is 6.07 Å². The minimum atomic E-state index is -0.517. The van der Waals surface area contributed by atoms with Gasteiger partial charge in [-0.3, -0.25) is 14.3 Å². The van der Waals surface area contributed by atoms with Gasteiger partial charge in [0.25, 0.3) is 5.56 Å². The van der Waals surface area contributed by atoms with Gasteiger partial charge in [-0.15, -0.1) is 0 Å². The molecule has 26 heavy (non-hydrogen) atoms. The molecule has 0 aliphatic carbocycles. The van der Waals surface area contributed by atoms with Gasteiger partial charge in [0.2, 0.25) is 0 Å². The third kappa shape index (κ3) is 3.06. The highest BCUT2D eigenvalue weighted by atomic mass is 16.5.